The summed E-state index contributed by atoms with van der Waals surface area (Å²) in [5, 5.41) is 9.83. The summed E-state index contributed by atoms with van der Waals surface area (Å²) >= 11 is 5.83. The van der Waals surface area contributed by atoms with Crippen LogP contribution in [0.25, 0.3) is 0 Å². The van der Waals surface area contributed by atoms with Crippen LogP contribution in [0.5, 0.6) is 5.75 Å². The van der Waals surface area contributed by atoms with Gasteiger partial charge in [-0.15, -0.1) is 0 Å². The molecule has 1 N–H and O–H groups in total. The second-order valence-electron chi connectivity index (χ2n) is 6.41. The summed E-state index contributed by atoms with van der Waals surface area (Å²) in [6.07, 6.45) is 1.48. The van der Waals surface area contributed by atoms with Crippen molar-refractivity contribution in [1.29, 1.82) is 0 Å². The number of hydrogen-bond acceptors (Lipinski definition) is 4. The van der Waals surface area contributed by atoms with Gasteiger partial charge in [-0.25, -0.2) is 0 Å². The van der Waals surface area contributed by atoms with Gasteiger partial charge in [0.2, 0.25) is 5.91 Å². The number of likely N-dealkylation sites (tertiary alicyclic amines) is 1. The molecule has 2 unspecified atom stereocenters. The molecule has 1 aromatic carbocycles. The van der Waals surface area contributed by atoms with E-state index in [9.17, 15) is 14.7 Å². The fourth-order valence-corrected chi connectivity index (χ4v) is 3.10. The molecule has 6 nitrogen and oxygen atoms in total. The van der Waals surface area contributed by atoms with Gasteiger partial charge in [0.1, 0.15) is 12.4 Å². The molecule has 0 bridgehead atoms. The van der Waals surface area contributed by atoms with Gasteiger partial charge < -0.3 is 14.7 Å². The Hall–Kier alpha value is -1.79. The fraction of sp³-hybridized carbons (Fsp3) is 0.556. The number of amides is 1. The summed E-state index contributed by atoms with van der Waals surface area (Å²) in [4.78, 5) is 27.3. The van der Waals surface area contributed by atoms with Crippen LogP contribution in [0, 0.1) is 5.92 Å². The van der Waals surface area contributed by atoms with Crippen molar-refractivity contribution >= 4 is 23.5 Å². The minimum Gasteiger partial charge on any atom is -0.492 e. The number of halogens is 1. The summed E-state index contributed by atoms with van der Waals surface area (Å²) in [5.74, 6) is -0.485. The van der Waals surface area contributed by atoms with E-state index in [1.165, 1.54) is 0 Å². The van der Waals surface area contributed by atoms with Crippen molar-refractivity contribution in [3.63, 3.8) is 0 Å². The Labute approximate surface area is 153 Å². The molecule has 2 rings (SSSR count). The zero-order chi connectivity index (χ0) is 18.4. The highest BCUT2D eigenvalue weighted by Crippen LogP contribution is 2.19. The number of carboxylic acids is 1. The van der Waals surface area contributed by atoms with E-state index in [0.717, 1.165) is 13.0 Å². The molecule has 1 fully saturated rings. The molecular weight excluding hydrogens is 344 g/mol. The van der Waals surface area contributed by atoms with Gasteiger partial charge in [-0.3, -0.25) is 14.5 Å². The zero-order valence-electron chi connectivity index (χ0n) is 14.7. The molecule has 0 radical (unpaired) electrons. The molecule has 1 aromatic rings. The monoisotopic (exact) mass is 368 g/mol. The van der Waals surface area contributed by atoms with E-state index in [4.69, 9.17) is 16.3 Å². The first kappa shape index (κ1) is 19.5. The molecule has 1 amide bonds. The standard InChI is InChI=1S/C18H25ClN2O4/c1-13(21-9-3-4-14(12-21)18(23)24)17(22)20(2)10-11-25-16-7-5-15(19)6-8-16/h5-8,13-14H,3-4,9-12H2,1-2H3,(H,23,24). The van der Waals surface area contributed by atoms with E-state index < -0.39 is 5.97 Å². The SMILES string of the molecule is CC(C(=O)N(C)CCOc1ccc(Cl)cc1)N1CCCC(C(=O)O)C1. The van der Waals surface area contributed by atoms with Gasteiger partial charge >= 0.3 is 5.97 Å². The van der Waals surface area contributed by atoms with Gasteiger partial charge in [0, 0.05) is 18.6 Å². The lowest BCUT2D eigenvalue weighted by Crippen LogP contribution is -2.51. The number of benzene rings is 1. The minimum atomic E-state index is -0.783. The summed E-state index contributed by atoms with van der Waals surface area (Å²) in [7, 11) is 1.74. The van der Waals surface area contributed by atoms with Crippen LogP contribution in [0.3, 0.4) is 0 Å². The smallest absolute Gasteiger partial charge is 0.307 e. The third-order valence-corrected chi connectivity index (χ3v) is 4.84. The molecular formula is C18H25ClN2O4. The highest BCUT2D eigenvalue weighted by atomic mass is 35.5. The lowest BCUT2D eigenvalue weighted by atomic mass is 9.97. The predicted octanol–water partition coefficient (Wildman–Crippen LogP) is 2.36. The number of piperidine rings is 1. The Balaban J connectivity index is 1.80. The molecule has 1 saturated heterocycles. The van der Waals surface area contributed by atoms with E-state index in [2.05, 4.69) is 0 Å². The summed E-state index contributed by atoms with van der Waals surface area (Å²) in [5.41, 5.74) is 0. The predicted molar refractivity (Wildman–Crippen MR) is 96.0 cm³/mol. The van der Waals surface area contributed by atoms with E-state index >= 15 is 0 Å². The Morgan fingerprint density at radius 1 is 1.40 bits per heavy atom. The maximum Gasteiger partial charge on any atom is 0.307 e. The zero-order valence-corrected chi connectivity index (χ0v) is 15.4. The number of rotatable bonds is 7. The Bertz CT molecular complexity index is 593. The van der Waals surface area contributed by atoms with Crippen LogP contribution in [0.2, 0.25) is 5.02 Å². The average molecular weight is 369 g/mol. The molecule has 1 aliphatic rings. The first-order valence-corrected chi connectivity index (χ1v) is 8.86. The average Bonchev–Trinajstić information content (AvgIpc) is 2.62. The Kier molecular flexibility index (Phi) is 7.08. The highest BCUT2D eigenvalue weighted by Gasteiger charge is 2.31. The van der Waals surface area contributed by atoms with Crippen molar-refractivity contribution in [3.8, 4) is 5.75 Å². The van der Waals surface area contributed by atoms with E-state index in [-0.39, 0.29) is 17.9 Å². The van der Waals surface area contributed by atoms with Crippen molar-refractivity contribution in [1.82, 2.24) is 9.80 Å². The topological polar surface area (TPSA) is 70.1 Å². The lowest BCUT2D eigenvalue weighted by molar-refractivity contribution is -0.146. The van der Waals surface area contributed by atoms with Crippen LogP contribution in [0.15, 0.2) is 24.3 Å². The van der Waals surface area contributed by atoms with E-state index in [1.54, 1.807) is 36.2 Å². The van der Waals surface area contributed by atoms with Crippen molar-refractivity contribution in [3.05, 3.63) is 29.3 Å². The molecule has 0 spiro atoms. The quantitative estimate of drug-likeness (QED) is 0.800. The van der Waals surface area contributed by atoms with Crippen molar-refractivity contribution in [2.24, 2.45) is 5.92 Å². The second-order valence-corrected chi connectivity index (χ2v) is 6.85. The number of nitrogens with zero attached hydrogens (tertiary/aromatic N) is 2. The normalized spacial score (nSPS) is 19.2. The first-order chi connectivity index (χ1) is 11.9. The van der Waals surface area contributed by atoms with Crippen LogP contribution >= 0.6 is 11.6 Å². The van der Waals surface area contributed by atoms with Gasteiger partial charge in [-0.2, -0.15) is 0 Å². The number of ether oxygens (including phenoxy) is 1. The lowest BCUT2D eigenvalue weighted by Gasteiger charge is -2.36. The summed E-state index contributed by atoms with van der Waals surface area (Å²) < 4.78 is 5.61. The third-order valence-electron chi connectivity index (χ3n) is 4.59. The van der Waals surface area contributed by atoms with Crippen molar-refractivity contribution in [2.75, 3.05) is 33.3 Å². The Morgan fingerprint density at radius 3 is 2.72 bits per heavy atom. The molecule has 138 valence electrons. The maximum absolute atomic E-state index is 12.6. The van der Waals surface area contributed by atoms with Crippen molar-refractivity contribution in [2.45, 2.75) is 25.8 Å². The minimum absolute atomic E-state index is 0.0225. The van der Waals surface area contributed by atoms with E-state index in [0.29, 0.717) is 36.9 Å². The first-order valence-electron chi connectivity index (χ1n) is 8.48. The molecule has 0 aromatic heterocycles. The molecule has 7 heteroatoms. The number of carbonyl (C=O) groups is 2. The molecule has 0 aliphatic carbocycles. The molecule has 2 atom stereocenters. The van der Waals surface area contributed by atoms with Crippen LogP contribution in [-0.2, 0) is 9.59 Å². The van der Waals surface area contributed by atoms with Gasteiger partial charge in [-0.1, -0.05) is 11.6 Å². The fourth-order valence-electron chi connectivity index (χ4n) is 2.98. The summed E-state index contributed by atoms with van der Waals surface area (Å²) in [6.45, 7) is 3.86. The largest absolute Gasteiger partial charge is 0.492 e. The summed E-state index contributed by atoms with van der Waals surface area (Å²) in [6, 6.07) is 6.74. The third kappa shape index (κ3) is 5.61. The maximum atomic E-state index is 12.6. The molecule has 1 heterocycles. The van der Waals surface area contributed by atoms with E-state index in [1.807, 2.05) is 11.8 Å². The van der Waals surface area contributed by atoms with Crippen LogP contribution in [-0.4, -0.2) is 66.1 Å². The van der Waals surface area contributed by atoms with Gasteiger partial charge in [0.05, 0.1) is 18.5 Å². The number of carboxylic acid groups (broad SMARTS) is 1. The van der Waals surface area contributed by atoms with Crippen LogP contribution in [0.4, 0.5) is 0 Å². The van der Waals surface area contributed by atoms with Crippen LogP contribution < -0.4 is 4.74 Å². The Morgan fingerprint density at radius 2 is 2.08 bits per heavy atom. The van der Waals surface area contributed by atoms with Gasteiger partial charge in [0.15, 0.2) is 0 Å². The second kappa shape index (κ2) is 9.06. The number of hydrogen-bond donors (Lipinski definition) is 1. The molecule has 1 aliphatic heterocycles. The number of likely N-dealkylation sites (N-methyl/N-ethyl adjacent to an activating group) is 1. The number of aliphatic carboxylic acids is 1. The number of carbonyl (C=O) groups excluding carboxylic acids is 1. The molecule has 25 heavy (non-hydrogen) atoms. The van der Waals surface area contributed by atoms with Crippen LogP contribution in [0.1, 0.15) is 19.8 Å². The molecule has 0 saturated carbocycles. The van der Waals surface area contributed by atoms with Gasteiger partial charge in [0.25, 0.3) is 0 Å². The highest BCUT2D eigenvalue weighted by molar-refractivity contribution is 6.30. The van der Waals surface area contributed by atoms with Gasteiger partial charge in [-0.05, 0) is 50.6 Å². The van der Waals surface area contributed by atoms with Crippen molar-refractivity contribution < 1.29 is 19.4 Å².